The van der Waals surface area contributed by atoms with Crippen LogP contribution in [0.25, 0.3) is 0 Å². The van der Waals surface area contributed by atoms with Crippen molar-refractivity contribution in [2.24, 2.45) is 0 Å². The second-order valence-electron chi connectivity index (χ2n) is 4.55. The molecule has 0 N–H and O–H groups in total. The molecule has 1 saturated heterocycles. The van der Waals surface area contributed by atoms with Gasteiger partial charge >= 0.3 is 0 Å². The molecule has 1 aromatic rings. The van der Waals surface area contributed by atoms with Gasteiger partial charge in [-0.25, -0.2) is 0 Å². The first-order valence-corrected chi connectivity index (χ1v) is 6.08. The van der Waals surface area contributed by atoms with Crippen LogP contribution >= 0.6 is 12.4 Å². The maximum Gasteiger partial charge on any atom is 0.160 e. The van der Waals surface area contributed by atoms with E-state index in [0.29, 0.717) is 0 Å². The molecule has 0 radical (unpaired) electrons. The van der Waals surface area contributed by atoms with Crippen LogP contribution in [0.2, 0.25) is 0 Å². The Morgan fingerprint density at radius 2 is 1.82 bits per heavy atom. The Morgan fingerprint density at radius 1 is 1.18 bits per heavy atom. The monoisotopic (exact) mass is 253 g/mol. The molecule has 0 aliphatic carbocycles. The predicted molar refractivity (Wildman–Crippen MR) is 72.8 cm³/mol. The number of likely N-dealkylation sites (tertiary alicyclic amines) is 1. The summed E-state index contributed by atoms with van der Waals surface area (Å²) in [7, 11) is 0. The van der Waals surface area contributed by atoms with Gasteiger partial charge in [-0.15, -0.1) is 12.4 Å². The van der Waals surface area contributed by atoms with E-state index in [9.17, 15) is 4.79 Å². The summed E-state index contributed by atoms with van der Waals surface area (Å²) in [4.78, 5) is 13.9. The standard InChI is InChI=1S/C14H19NO.ClH/c1-12(16)14-8-4-3-7-13(14)11-15-9-5-2-6-10-15;/h3-4,7-8H,2,5-6,9-11H2,1H3;1H. The fourth-order valence-electron chi connectivity index (χ4n) is 2.36. The minimum absolute atomic E-state index is 0. The maximum absolute atomic E-state index is 11.5. The molecule has 0 amide bonds. The van der Waals surface area contributed by atoms with Crippen LogP contribution in [0.15, 0.2) is 24.3 Å². The van der Waals surface area contributed by atoms with Crippen molar-refractivity contribution in [3.63, 3.8) is 0 Å². The van der Waals surface area contributed by atoms with Gasteiger partial charge in [-0.2, -0.15) is 0 Å². The van der Waals surface area contributed by atoms with Crippen molar-refractivity contribution in [1.82, 2.24) is 4.90 Å². The molecule has 0 aromatic heterocycles. The van der Waals surface area contributed by atoms with Crippen LogP contribution in [0.1, 0.15) is 42.1 Å². The zero-order valence-electron chi connectivity index (χ0n) is 10.3. The largest absolute Gasteiger partial charge is 0.299 e. The van der Waals surface area contributed by atoms with Gasteiger partial charge in [-0.05, 0) is 38.4 Å². The molecular weight excluding hydrogens is 234 g/mol. The molecule has 17 heavy (non-hydrogen) atoms. The fraction of sp³-hybridized carbons (Fsp3) is 0.500. The molecule has 3 heteroatoms. The SMILES string of the molecule is CC(=O)c1ccccc1CN1CCCCC1.Cl. The summed E-state index contributed by atoms with van der Waals surface area (Å²) < 4.78 is 0. The van der Waals surface area contributed by atoms with Crippen LogP contribution in [0.4, 0.5) is 0 Å². The summed E-state index contributed by atoms with van der Waals surface area (Å²) in [6, 6.07) is 7.97. The van der Waals surface area contributed by atoms with E-state index in [-0.39, 0.29) is 18.2 Å². The highest BCUT2D eigenvalue weighted by Crippen LogP contribution is 2.16. The highest BCUT2D eigenvalue weighted by Gasteiger charge is 2.13. The van der Waals surface area contributed by atoms with Crippen LogP contribution in [-0.2, 0) is 6.54 Å². The first kappa shape index (κ1) is 14.2. The Hall–Kier alpha value is -0.860. The van der Waals surface area contributed by atoms with Gasteiger partial charge in [-0.1, -0.05) is 30.7 Å². The minimum atomic E-state index is 0. The first-order valence-electron chi connectivity index (χ1n) is 6.08. The van der Waals surface area contributed by atoms with Crippen LogP contribution in [-0.4, -0.2) is 23.8 Å². The second kappa shape index (κ2) is 6.77. The molecule has 0 spiro atoms. The molecule has 1 aromatic carbocycles. The Labute approximate surface area is 109 Å². The normalized spacial score (nSPS) is 16.3. The van der Waals surface area contributed by atoms with Crippen molar-refractivity contribution in [3.8, 4) is 0 Å². The lowest BCUT2D eigenvalue weighted by molar-refractivity contribution is 0.101. The van der Waals surface area contributed by atoms with E-state index < -0.39 is 0 Å². The second-order valence-corrected chi connectivity index (χ2v) is 4.55. The molecule has 1 aliphatic heterocycles. The molecule has 1 heterocycles. The number of carbonyl (C=O) groups is 1. The summed E-state index contributed by atoms with van der Waals surface area (Å²) in [5, 5.41) is 0. The third-order valence-corrected chi connectivity index (χ3v) is 3.24. The highest BCUT2D eigenvalue weighted by atomic mass is 35.5. The molecule has 94 valence electrons. The zero-order valence-corrected chi connectivity index (χ0v) is 11.1. The molecule has 2 rings (SSSR count). The van der Waals surface area contributed by atoms with Gasteiger partial charge in [0, 0.05) is 12.1 Å². The molecule has 1 fully saturated rings. The van der Waals surface area contributed by atoms with Crippen LogP contribution in [0.5, 0.6) is 0 Å². The molecule has 1 aliphatic rings. The number of ketones is 1. The van der Waals surface area contributed by atoms with Crippen LogP contribution in [0, 0.1) is 0 Å². The number of piperidine rings is 1. The lowest BCUT2D eigenvalue weighted by atomic mass is 10.0. The van der Waals surface area contributed by atoms with Gasteiger partial charge in [0.1, 0.15) is 0 Å². The number of hydrogen-bond acceptors (Lipinski definition) is 2. The van der Waals surface area contributed by atoms with Gasteiger partial charge in [0.15, 0.2) is 5.78 Å². The number of halogens is 1. The van der Waals surface area contributed by atoms with E-state index >= 15 is 0 Å². The van der Waals surface area contributed by atoms with E-state index in [0.717, 1.165) is 12.1 Å². The average Bonchev–Trinajstić information content (AvgIpc) is 2.31. The third-order valence-electron chi connectivity index (χ3n) is 3.24. The van der Waals surface area contributed by atoms with Crippen molar-refractivity contribution >= 4 is 18.2 Å². The van der Waals surface area contributed by atoms with Crippen molar-refractivity contribution in [2.75, 3.05) is 13.1 Å². The summed E-state index contributed by atoms with van der Waals surface area (Å²) >= 11 is 0. The molecule has 0 unspecified atom stereocenters. The summed E-state index contributed by atoms with van der Waals surface area (Å²) in [6.45, 7) is 4.92. The molecule has 0 saturated carbocycles. The summed E-state index contributed by atoms with van der Waals surface area (Å²) in [5.74, 6) is 0.174. The van der Waals surface area contributed by atoms with E-state index in [4.69, 9.17) is 0 Å². The van der Waals surface area contributed by atoms with Gasteiger partial charge in [-0.3, -0.25) is 9.69 Å². The Bertz CT molecular complexity index is 372. The topological polar surface area (TPSA) is 20.3 Å². The summed E-state index contributed by atoms with van der Waals surface area (Å²) in [5.41, 5.74) is 2.06. The lowest BCUT2D eigenvalue weighted by Crippen LogP contribution is -2.29. The van der Waals surface area contributed by atoms with Crippen LogP contribution < -0.4 is 0 Å². The van der Waals surface area contributed by atoms with Crippen LogP contribution in [0.3, 0.4) is 0 Å². The number of nitrogens with zero attached hydrogens (tertiary/aromatic N) is 1. The van der Waals surface area contributed by atoms with Crippen molar-refractivity contribution in [2.45, 2.75) is 32.7 Å². The van der Waals surface area contributed by atoms with Crippen molar-refractivity contribution in [1.29, 1.82) is 0 Å². The average molecular weight is 254 g/mol. The van der Waals surface area contributed by atoms with Gasteiger partial charge in [0.2, 0.25) is 0 Å². The number of rotatable bonds is 3. The predicted octanol–water partition coefficient (Wildman–Crippen LogP) is 3.30. The van der Waals surface area contributed by atoms with Gasteiger partial charge in [0.25, 0.3) is 0 Å². The number of Topliss-reactive ketones (excluding diaryl/α,β-unsaturated/α-hetero) is 1. The van der Waals surface area contributed by atoms with E-state index in [2.05, 4.69) is 11.0 Å². The summed E-state index contributed by atoms with van der Waals surface area (Å²) in [6.07, 6.45) is 3.94. The quantitative estimate of drug-likeness (QED) is 0.771. The lowest BCUT2D eigenvalue weighted by Gasteiger charge is -2.27. The smallest absolute Gasteiger partial charge is 0.160 e. The Balaban J connectivity index is 0.00000144. The molecule has 2 nitrogen and oxygen atoms in total. The fourth-order valence-corrected chi connectivity index (χ4v) is 2.36. The number of carbonyl (C=O) groups excluding carboxylic acids is 1. The van der Waals surface area contributed by atoms with Gasteiger partial charge in [0.05, 0.1) is 0 Å². The number of hydrogen-bond donors (Lipinski definition) is 0. The van der Waals surface area contributed by atoms with Gasteiger partial charge < -0.3 is 0 Å². The Kier molecular flexibility index (Phi) is 5.66. The Morgan fingerprint density at radius 3 is 2.47 bits per heavy atom. The maximum atomic E-state index is 11.5. The molecule has 0 bridgehead atoms. The van der Waals surface area contributed by atoms with E-state index in [1.165, 1.54) is 37.9 Å². The highest BCUT2D eigenvalue weighted by molar-refractivity contribution is 5.95. The van der Waals surface area contributed by atoms with E-state index in [1.807, 2.05) is 18.2 Å². The number of benzene rings is 1. The molecular formula is C14H20ClNO. The molecule has 0 atom stereocenters. The minimum Gasteiger partial charge on any atom is -0.299 e. The van der Waals surface area contributed by atoms with E-state index in [1.54, 1.807) is 6.92 Å². The zero-order chi connectivity index (χ0) is 11.4. The van der Waals surface area contributed by atoms with Crippen molar-refractivity contribution < 1.29 is 4.79 Å². The third kappa shape index (κ3) is 3.83. The van der Waals surface area contributed by atoms with Crippen molar-refractivity contribution in [3.05, 3.63) is 35.4 Å². The first-order chi connectivity index (χ1) is 7.77.